The van der Waals surface area contributed by atoms with E-state index in [1.165, 1.54) is 17.0 Å². The molecule has 0 aromatic heterocycles. The lowest BCUT2D eigenvalue weighted by Gasteiger charge is -2.39. The van der Waals surface area contributed by atoms with Gasteiger partial charge in [0.05, 0.1) is 4.90 Å². The van der Waals surface area contributed by atoms with E-state index in [2.05, 4.69) is 11.9 Å². The molecule has 1 saturated heterocycles. The SMILES string of the molecule is C=CC(=O)N1CCN(S(=O)(=O)c2ccccc2)C(C(=O)Nc2ccccc2)C1. The summed E-state index contributed by atoms with van der Waals surface area (Å²) in [6, 6.07) is 15.7. The summed E-state index contributed by atoms with van der Waals surface area (Å²) in [7, 11) is -3.90. The summed E-state index contributed by atoms with van der Waals surface area (Å²) < 4.78 is 27.4. The summed E-state index contributed by atoms with van der Waals surface area (Å²) >= 11 is 0. The minimum absolute atomic E-state index is 0.0175. The number of rotatable bonds is 5. The maximum Gasteiger partial charge on any atom is 0.246 e. The molecule has 1 atom stereocenters. The molecule has 0 aliphatic carbocycles. The van der Waals surface area contributed by atoms with Gasteiger partial charge in [-0.2, -0.15) is 4.31 Å². The number of nitrogens with one attached hydrogen (secondary N) is 1. The number of piperazine rings is 1. The van der Waals surface area contributed by atoms with Crippen molar-refractivity contribution < 1.29 is 18.0 Å². The molecule has 2 amide bonds. The number of sulfonamides is 1. The van der Waals surface area contributed by atoms with Crippen LogP contribution in [0.2, 0.25) is 0 Å². The predicted octanol–water partition coefficient (Wildman–Crippen LogP) is 1.71. The molecule has 7 nitrogen and oxygen atoms in total. The molecule has 28 heavy (non-hydrogen) atoms. The lowest BCUT2D eigenvalue weighted by molar-refractivity contribution is -0.130. The number of amides is 2. The van der Waals surface area contributed by atoms with Crippen LogP contribution in [0.15, 0.2) is 78.2 Å². The number of nitrogens with zero attached hydrogens (tertiary/aromatic N) is 2. The third-order valence-corrected chi connectivity index (χ3v) is 6.43. The normalized spacial score (nSPS) is 17.7. The van der Waals surface area contributed by atoms with Gasteiger partial charge in [0.15, 0.2) is 0 Å². The zero-order chi connectivity index (χ0) is 20.1. The fourth-order valence-corrected chi connectivity index (χ4v) is 4.66. The monoisotopic (exact) mass is 399 g/mol. The second-order valence-electron chi connectivity index (χ2n) is 6.29. The molecule has 2 aromatic carbocycles. The zero-order valence-electron chi connectivity index (χ0n) is 15.2. The Bertz CT molecular complexity index is 961. The highest BCUT2D eigenvalue weighted by atomic mass is 32.2. The number of benzene rings is 2. The van der Waals surface area contributed by atoms with E-state index in [0.717, 1.165) is 10.4 Å². The maximum atomic E-state index is 13.1. The highest BCUT2D eigenvalue weighted by molar-refractivity contribution is 7.89. The standard InChI is InChI=1S/C20H21N3O4S/c1-2-19(24)22-13-14-23(28(26,27)17-11-7-4-8-12-17)18(15-22)20(25)21-16-9-5-3-6-10-16/h2-12,18H,1,13-15H2,(H,21,25). The van der Waals surface area contributed by atoms with Crippen molar-refractivity contribution in [3.63, 3.8) is 0 Å². The highest BCUT2D eigenvalue weighted by Crippen LogP contribution is 2.23. The minimum atomic E-state index is -3.90. The van der Waals surface area contributed by atoms with Crippen LogP contribution in [0.5, 0.6) is 0 Å². The second kappa shape index (κ2) is 8.37. The molecule has 1 N–H and O–H groups in total. The van der Waals surface area contributed by atoms with Crippen LogP contribution in [-0.4, -0.2) is 55.1 Å². The third-order valence-electron chi connectivity index (χ3n) is 4.51. The molecule has 8 heteroatoms. The Labute approximate surface area is 164 Å². The van der Waals surface area contributed by atoms with Gasteiger partial charge in [0.25, 0.3) is 0 Å². The second-order valence-corrected chi connectivity index (χ2v) is 8.18. The van der Waals surface area contributed by atoms with Gasteiger partial charge in [-0.05, 0) is 30.3 Å². The summed E-state index contributed by atoms with van der Waals surface area (Å²) in [5, 5.41) is 2.73. The summed E-state index contributed by atoms with van der Waals surface area (Å²) in [4.78, 5) is 26.5. The van der Waals surface area contributed by atoms with Crippen LogP contribution in [0, 0.1) is 0 Å². The molecule has 0 radical (unpaired) electrons. The molecular formula is C20H21N3O4S. The first-order valence-corrected chi connectivity index (χ1v) is 10.2. The molecule has 0 spiro atoms. The Morgan fingerprint density at radius 1 is 1.00 bits per heavy atom. The molecule has 2 aromatic rings. The first-order valence-electron chi connectivity index (χ1n) is 8.77. The van der Waals surface area contributed by atoms with Crippen molar-refractivity contribution in [1.82, 2.24) is 9.21 Å². The van der Waals surface area contributed by atoms with Crippen molar-refractivity contribution in [2.75, 3.05) is 25.0 Å². The molecular weight excluding hydrogens is 378 g/mol. The lowest BCUT2D eigenvalue weighted by atomic mass is 10.2. The molecule has 0 saturated carbocycles. The summed E-state index contributed by atoms with van der Waals surface area (Å²) in [6.07, 6.45) is 1.16. The first-order chi connectivity index (χ1) is 13.4. The smallest absolute Gasteiger partial charge is 0.246 e. The molecule has 1 unspecified atom stereocenters. The van der Waals surface area contributed by atoms with Crippen molar-refractivity contribution in [2.45, 2.75) is 10.9 Å². The quantitative estimate of drug-likeness (QED) is 0.776. The summed E-state index contributed by atoms with van der Waals surface area (Å²) in [6.45, 7) is 3.62. The third kappa shape index (κ3) is 4.13. The van der Waals surface area contributed by atoms with Crippen LogP contribution in [0.3, 0.4) is 0 Å². The van der Waals surface area contributed by atoms with Gasteiger partial charge >= 0.3 is 0 Å². The van der Waals surface area contributed by atoms with E-state index in [1.807, 2.05) is 6.07 Å². The average Bonchev–Trinajstić information content (AvgIpc) is 2.74. The Kier molecular flexibility index (Phi) is 5.91. The van der Waals surface area contributed by atoms with Gasteiger partial charge in [-0.15, -0.1) is 0 Å². The Balaban J connectivity index is 1.92. The van der Waals surface area contributed by atoms with E-state index < -0.39 is 22.0 Å². The van der Waals surface area contributed by atoms with Gasteiger partial charge in [0, 0.05) is 25.3 Å². The first kappa shape index (κ1) is 19.8. The Hall–Kier alpha value is -2.97. The van der Waals surface area contributed by atoms with Crippen molar-refractivity contribution in [3.05, 3.63) is 73.3 Å². The largest absolute Gasteiger partial charge is 0.336 e. The van der Waals surface area contributed by atoms with E-state index in [1.54, 1.807) is 42.5 Å². The van der Waals surface area contributed by atoms with Gasteiger partial charge in [-0.1, -0.05) is 43.0 Å². The molecule has 0 bridgehead atoms. The van der Waals surface area contributed by atoms with Crippen LogP contribution in [0.4, 0.5) is 5.69 Å². The maximum absolute atomic E-state index is 13.1. The van der Waals surface area contributed by atoms with Crippen LogP contribution in [-0.2, 0) is 19.6 Å². The number of hydrogen-bond donors (Lipinski definition) is 1. The van der Waals surface area contributed by atoms with Gasteiger partial charge in [0.2, 0.25) is 21.8 Å². The number of anilines is 1. The summed E-state index contributed by atoms with van der Waals surface area (Å²) in [5.74, 6) is -0.832. The zero-order valence-corrected chi connectivity index (χ0v) is 16.0. The Morgan fingerprint density at radius 3 is 2.21 bits per heavy atom. The number of carbonyl (C=O) groups is 2. The van der Waals surface area contributed by atoms with E-state index in [0.29, 0.717) is 5.69 Å². The van der Waals surface area contributed by atoms with Crippen LogP contribution < -0.4 is 5.32 Å². The average molecular weight is 399 g/mol. The van der Waals surface area contributed by atoms with E-state index in [-0.39, 0.29) is 30.4 Å². The van der Waals surface area contributed by atoms with Gasteiger partial charge < -0.3 is 10.2 Å². The molecule has 1 heterocycles. The van der Waals surface area contributed by atoms with Gasteiger partial charge in [-0.3, -0.25) is 9.59 Å². The molecule has 146 valence electrons. The molecule has 1 aliphatic heterocycles. The van der Waals surface area contributed by atoms with Crippen molar-refractivity contribution in [2.24, 2.45) is 0 Å². The van der Waals surface area contributed by atoms with E-state index >= 15 is 0 Å². The molecule has 1 aliphatic rings. The van der Waals surface area contributed by atoms with Crippen LogP contribution in [0.25, 0.3) is 0 Å². The fraction of sp³-hybridized carbons (Fsp3) is 0.200. The number of hydrogen-bond acceptors (Lipinski definition) is 4. The predicted molar refractivity (Wildman–Crippen MR) is 106 cm³/mol. The van der Waals surface area contributed by atoms with Crippen LogP contribution in [0.1, 0.15) is 0 Å². The highest BCUT2D eigenvalue weighted by Gasteiger charge is 2.41. The lowest BCUT2D eigenvalue weighted by Crippen LogP contribution is -2.60. The minimum Gasteiger partial charge on any atom is -0.336 e. The van der Waals surface area contributed by atoms with Crippen LogP contribution >= 0.6 is 0 Å². The molecule has 1 fully saturated rings. The topological polar surface area (TPSA) is 86.8 Å². The Morgan fingerprint density at radius 2 is 1.61 bits per heavy atom. The van der Waals surface area contributed by atoms with E-state index in [4.69, 9.17) is 0 Å². The van der Waals surface area contributed by atoms with Crippen molar-refractivity contribution in [3.8, 4) is 0 Å². The fourth-order valence-electron chi connectivity index (χ4n) is 3.07. The van der Waals surface area contributed by atoms with Gasteiger partial charge in [0.1, 0.15) is 6.04 Å². The molecule has 3 rings (SSSR count). The summed E-state index contributed by atoms with van der Waals surface area (Å²) in [5.41, 5.74) is 0.553. The van der Waals surface area contributed by atoms with E-state index in [9.17, 15) is 18.0 Å². The number of para-hydroxylation sites is 1. The van der Waals surface area contributed by atoms with Gasteiger partial charge in [-0.25, -0.2) is 8.42 Å². The van der Waals surface area contributed by atoms with Crippen molar-refractivity contribution >= 4 is 27.5 Å². The number of carbonyl (C=O) groups excluding carboxylic acids is 2. The van der Waals surface area contributed by atoms with Crippen molar-refractivity contribution in [1.29, 1.82) is 0 Å².